The Morgan fingerprint density at radius 2 is 1.96 bits per heavy atom. The highest BCUT2D eigenvalue weighted by molar-refractivity contribution is 5.95. The number of carbonyl (C=O) groups excluding carboxylic acids is 1. The second-order valence-electron chi connectivity index (χ2n) is 7.41. The van der Waals surface area contributed by atoms with Gasteiger partial charge in [-0.2, -0.15) is 4.98 Å². The summed E-state index contributed by atoms with van der Waals surface area (Å²) >= 11 is 0. The normalized spacial score (nSPS) is 23.0. The first-order valence-electron chi connectivity index (χ1n) is 9.31. The number of rotatable bonds is 3. The van der Waals surface area contributed by atoms with E-state index in [9.17, 15) is 4.79 Å². The SMILES string of the molecule is O=C(NC1CCCC1)N1c2ccccc2CC1c1nc(C2CC2)no1. The van der Waals surface area contributed by atoms with Crippen LogP contribution in [0.25, 0.3) is 0 Å². The van der Waals surface area contributed by atoms with Gasteiger partial charge in [0.25, 0.3) is 0 Å². The van der Waals surface area contributed by atoms with Crippen molar-refractivity contribution in [2.45, 2.75) is 62.9 Å². The summed E-state index contributed by atoms with van der Waals surface area (Å²) in [5, 5.41) is 7.34. The molecule has 2 heterocycles. The summed E-state index contributed by atoms with van der Waals surface area (Å²) in [6.07, 6.45) is 7.52. The highest BCUT2D eigenvalue weighted by Gasteiger charge is 2.40. The molecule has 6 heteroatoms. The van der Waals surface area contributed by atoms with Gasteiger partial charge in [0, 0.05) is 24.1 Å². The highest BCUT2D eigenvalue weighted by atomic mass is 16.5. The van der Waals surface area contributed by atoms with Crippen LogP contribution in [0, 0.1) is 0 Å². The van der Waals surface area contributed by atoms with Crippen molar-refractivity contribution in [1.29, 1.82) is 0 Å². The third-order valence-electron chi connectivity index (χ3n) is 5.56. The Hall–Kier alpha value is -2.37. The molecule has 130 valence electrons. The third kappa shape index (κ3) is 2.69. The molecule has 5 rings (SSSR count). The number of hydrogen-bond acceptors (Lipinski definition) is 4. The number of urea groups is 1. The Morgan fingerprint density at radius 1 is 1.16 bits per heavy atom. The van der Waals surface area contributed by atoms with E-state index in [1.54, 1.807) is 0 Å². The fraction of sp³-hybridized carbons (Fsp3) is 0.526. The summed E-state index contributed by atoms with van der Waals surface area (Å²) in [6.45, 7) is 0. The van der Waals surface area contributed by atoms with E-state index in [2.05, 4.69) is 21.5 Å². The maximum Gasteiger partial charge on any atom is 0.322 e. The number of anilines is 1. The van der Waals surface area contributed by atoms with Crippen LogP contribution in [0.5, 0.6) is 0 Å². The van der Waals surface area contributed by atoms with Crippen LogP contribution < -0.4 is 10.2 Å². The summed E-state index contributed by atoms with van der Waals surface area (Å²) in [5.74, 6) is 1.80. The van der Waals surface area contributed by atoms with Gasteiger partial charge in [0.05, 0.1) is 0 Å². The molecule has 6 nitrogen and oxygen atoms in total. The minimum Gasteiger partial charge on any atom is -0.337 e. The van der Waals surface area contributed by atoms with Crippen LogP contribution in [0.1, 0.15) is 67.8 Å². The van der Waals surface area contributed by atoms with Crippen LogP contribution in [0.15, 0.2) is 28.8 Å². The quantitative estimate of drug-likeness (QED) is 0.926. The lowest BCUT2D eigenvalue weighted by molar-refractivity contribution is 0.238. The number of nitrogens with zero attached hydrogens (tertiary/aromatic N) is 3. The summed E-state index contributed by atoms with van der Waals surface area (Å²) in [5.41, 5.74) is 2.11. The maximum atomic E-state index is 13.0. The van der Waals surface area contributed by atoms with Crippen molar-refractivity contribution in [3.63, 3.8) is 0 Å². The first-order chi connectivity index (χ1) is 12.3. The van der Waals surface area contributed by atoms with E-state index in [1.807, 2.05) is 23.1 Å². The van der Waals surface area contributed by atoms with E-state index < -0.39 is 0 Å². The van der Waals surface area contributed by atoms with Gasteiger partial charge in [-0.1, -0.05) is 36.2 Å². The van der Waals surface area contributed by atoms with Crippen molar-refractivity contribution in [1.82, 2.24) is 15.5 Å². The molecule has 1 atom stereocenters. The Morgan fingerprint density at radius 3 is 2.76 bits per heavy atom. The lowest BCUT2D eigenvalue weighted by Crippen LogP contribution is -2.44. The average Bonchev–Trinajstić information content (AvgIpc) is 3.04. The van der Waals surface area contributed by atoms with E-state index in [4.69, 9.17) is 4.52 Å². The van der Waals surface area contributed by atoms with Crippen molar-refractivity contribution in [3.05, 3.63) is 41.5 Å². The van der Waals surface area contributed by atoms with Gasteiger partial charge in [-0.3, -0.25) is 4.90 Å². The molecule has 1 aliphatic heterocycles. The Balaban J connectivity index is 1.45. The minimum absolute atomic E-state index is 0.0481. The monoisotopic (exact) mass is 338 g/mol. The summed E-state index contributed by atoms with van der Waals surface area (Å²) in [6, 6.07) is 8.08. The smallest absolute Gasteiger partial charge is 0.322 e. The standard InChI is InChI=1S/C19H22N4O2/c24-19(20-14-6-2-3-7-14)23-15-8-4-1-5-13(15)11-16(23)18-21-17(22-25-18)12-9-10-12/h1,4-5,8,12,14,16H,2-3,6-7,9-11H2,(H,20,24). The van der Waals surface area contributed by atoms with Gasteiger partial charge in [0.2, 0.25) is 5.89 Å². The Labute approximate surface area is 146 Å². The molecular weight excluding hydrogens is 316 g/mol. The summed E-state index contributed by atoms with van der Waals surface area (Å²) in [4.78, 5) is 19.4. The van der Waals surface area contributed by atoms with Gasteiger partial charge in [-0.15, -0.1) is 0 Å². The largest absolute Gasteiger partial charge is 0.337 e. The molecule has 3 aliphatic rings. The average molecular weight is 338 g/mol. The second-order valence-corrected chi connectivity index (χ2v) is 7.41. The zero-order valence-electron chi connectivity index (χ0n) is 14.1. The van der Waals surface area contributed by atoms with Crippen LogP contribution in [0.2, 0.25) is 0 Å². The number of fused-ring (bicyclic) bond motifs is 1. The zero-order chi connectivity index (χ0) is 16.8. The zero-order valence-corrected chi connectivity index (χ0v) is 14.1. The number of benzene rings is 1. The Bertz CT molecular complexity index is 792. The number of hydrogen-bond donors (Lipinski definition) is 1. The molecular formula is C19H22N4O2. The molecule has 2 fully saturated rings. The van der Waals surface area contributed by atoms with E-state index in [1.165, 1.54) is 12.8 Å². The molecule has 2 amide bonds. The number of para-hydroxylation sites is 1. The molecule has 2 aliphatic carbocycles. The van der Waals surface area contributed by atoms with Crippen molar-refractivity contribution >= 4 is 11.7 Å². The number of nitrogens with one attached hydrogen (secondary N) is 1. The fourth-order valence-electron chi connectivity index (χ4n) is 4.04. The summed E-state index contributed by atoms with van der Waals surface area (Å²) in [7, 11) is 0. The maximum absolute atomic E-state index is 13.0. The van der Waals surface area contributed by atoms with Gasteiger partial charge in [-0.05, 0) is 37.3 Å². The van der Waals surface area contributed by atoms with Gasteiger partial charge < -0.3 is 9.84 Å². The van der Waals surface area contributed by atoms with Crippen LogP contribution >= 0.6 is 0 Å². The molecule has 0 spiro atoms. The first-order valence-corrected chi connectivity index (χ1v) is 9.31. The topological polar surface area (TPSA) is 71.3 Å². The van der Waals surface area contributed by atoms with Crippen LogP contribution in [0.3, 0.4) is 0 Å². The predicted molar refractivity (Wildman–Crippen MR) is 92.4 cm³/mol. The molecule has 1 aromatic heterocycles. The lowest BCUT2D eigenvalue weighted by atomic mass is 10.1. The first kappa shape index (κ1) is 14.9. The molecule has 1 N–H and O–H groups in total. The number of aromatic nitrogens is 2. The van der Waals surface area contributed by atoms with Crippen molar-refractivity contribution in [2.75, 3.05) is 4.90 Å². The summed E-state index contributed by atoms with van der Waals surface area (Å²) < 4.78 is 5.55. The van der Waals surface area contributed by atoms with E-state index in [0.29, 0.717) is 11.8 Å². The molecule has 1 unspecified atom stereocenters. The lowest BCUT2D eigenvalue weighted by Gasteiger charge is -2.25. The molecule has 0 saturated heterocycles. The minimum atomic E-state index is -0.209. The third-order valence-corrected chi connectivity index (χ3v) is 5.56. The molecule has 1 aromatic carbocycles. The van der Waals surface area contributed by atoms with Crippen LogP contribution in [-0.2, 0) is 6.42 Å². The highest BCUT2D eigenvalue weighted by Crippen LogP contribution is 2.42. The molecule has 0 radical (unpaired) electrons. The van der Waals surface area contributed by atoms with Gasteiger partial charge in [0.15, 0.2) is 5.82 Å². The van der Waals surface area contributed by atoms with E-state index >= 15 is 0 Å². The van der Waals surface area contributed by atoms with Crippen molar-refractivity contribution in [3.8, 4) is 0 Å². The van der Waals surface area contributed by atoms with Gasteiger partial charge in [-0.25, -0.2) is 4.79 Å². The molecule has 0 bridgehead atoms. The molecule has 25 heavy (non-hydrogen) atoms. The second kappa shape index (κ2) is 5.86. The van der Waals surface area contributed by atoms with E-state index in [0.717, 1.165) is 49.2 Å². The van der Waals surface area contributed by atoms with Crippen LogP contribution in [-0.4, -0.2) is 22.2 Å². The van der Waals surface area contributed by atoms with Crippen molar-refractivity contribution < 1.29 is 9.32 Å². The van der Waals surface area contributed by atoms with Gasteiger partial charge >= 0.3 is 6.03 Å². The molecule has 2 saturated carbocycles. The number of amides is 2. The van der Waals surface area contributed by atoms with E-state index in [-0.39, 0.29) is 18.1 Å². The Kier molecular flexibility index (Phi) is 3.50. The number of carbonyl (C=O) groups is 1. The fourth-order valence-corrected chi connectivity index (χ4v) is 4.04. The molecule has 2 aromatic rings. The van der Waals surface area contributed by atoms with Crippen molar-refractivity contribution in [2.24, 2.45) is 0 Å². The van der Waals surface area contributed by atoms with Crippen LogP contribution in [0.4, 0.5) is 10.5 Å². The van der Waals surface area contributed by atoms with Gasteiger partial charge in [0.1, 0.15) is 6.04 Å². The predicted octanol–water partition coefficient (Wildman–Crippen LogP) is 3.70.